The van der Waals surface area contributed by atoms with Crippen molar-refractivity contribution in [2.75, 3.05) is 31.4 Å². The molecule has 0 saturated heterocycles. The molecular weight excluding hydrogens is 354 g/mol. The van der Waals surface area contributed by atoms with Gasteiger partial charge in [-0.2, -0.15) is 0 Å². The summed E-state index contributed by atoms with van der Waals surface area (Å²) >= 11 is 1.53. The minimum absolute atomic E-state index is 0.0608. The summed E-state index contributed by atoms with van der Waals surface area (Å²) in [6.07, 6.45) is 1.99. The van der Waals surface area contributed by atoms with Gasteiger partial charge < -0.3 is 19.5 Å². The van der Waals surface area contributed by atoms with E-state index in [1.165, 1.54) is 11.8 Å². The summed E-state index contributed by atoms with van der Waals surface area (Å²) in [7, 11) is 0. The molecule has 6 nitrogen and oxygen atoms in total. The first-order chi connectivity index (χ1) is 12.7. The van der Waals surface area contributed by atoms with Crippen LogP contribution in [0.1, 0.15) is 5.56 Å². The number of hydrogen-bond acceptors (Lipinski definition) is 6. The van der Waals surface area contributed by atoms with Crippen molar-refractivity contribution in [2.45, 2.75) is 11.3 Å². The predicted molar refractivity (Wildman–Crippen MR) is 98.9 cm³/mol. The Morgan fingerprint density at radius 2 is 1.88 bits per heavy atom. The van der Waals surface area contributed by atoms with E-state index in [-0.39, 0.29) is 18.9 Å². The maximum Gasteiger partial charge on any atom is 0.310 e. The second-order valence-electron chi connectivity index (χ2n) is 5.56. The topological polar surface area (TPSA) is 73.9 Å². The van der Waals surface area contributed by atoms with Gasteiger partial charge in [0.05, 0.1) is 12.1 Å². The van der Waals surface area contributed by atoms with E-state index < -0.39 is 5.97 Å². The van der Waals surface area contributed by atoms with E-state index in [0.717, 1.165) is 10.5 Å². The molecule has 1 aliphatic rings. The van der Waals surface area contributed by atoms with Crippen LogP contribution in [0.25, 0.3) is 0 Å². The molecule has 0 radical (unpaired) electrons. The molecule has 0 bridgehead atoms. The van der Waals surface area contributed by atoms with Crippen LogP contribution in [-0.4, -0.2) is 38.0 Å². The number of thioether (sulfide) groups is 1. The number of hydrogen-bond donors (Lipinski definition) is 1. The summed E-state index contributed by atoms with van der Waals surface area (Å²) in [6.45, 7) is 0.674. The Balaban J connectivity index is 1.50. The Bertz CT molecular complexity index is 808. The molecule has 0 aliphatic carbocycles. The molecule has 1 aliphatic heterocycles. The van der Waals surface area contributed by atoms with Crippen molar-refractivity contribution in [3.63, 3.8) is 0 Å². The lowest BCUT2D eigenvalue weighted by Crippen LogP contribution is -2.22. The Kier molecular flexibility index (Phi) is 6.01. The maximum absolute atomic E-state index is 12.0. The van der Waals surface area contributed by atoms with Crippen LogP contribution in [0, 0.1) is 0 Å². The summed E-state index contributed by atoms with van der Waals surface area (Å²) in [5.74, 6) is 0.435. The van der Waals surface area contributed by atoms with Crippen LogP contribution in [0.2, 0.25) is 0 Å². The van der Waals surface area contributed by atoms with Crippen LogP contribution in [0.4, 0.5) is 5.69 Å². The Morgan fingerprint density at radius 1 is 1.12 bits per heavy atom. The molecule has 0 aromatic heterocycles. The lowest BCUT2D eigenvalue weighted by molar-refractivity contribution is -0.146. The highest BCUT2D eigenvalue weighted by molar-refractivity contribution is 7.98. The van der Waals surface area contributed by atoms with Crippen molar-refractivity contribution in [1.82, 2.24) is 0 Å². The zero-order chi connectivity index (χ0) is 18.4. The van der Waals surface area contributed by atoms with Crippen LogP contribution >= 0.6 is 11.8 Å². The number of ether oxygens (including phenoxy) is 3. The van der Waals surface area contributed by atoms with Crippen LogP contribution in [0.3, 0.4) is 0 Å². The van der Waals surface area contributed by atoms with Gasteiger partial charge in [0.1, 0.15) is 13.2 Å². The van der Waals surface area contributed by atoms with Crippen molar-refractivity contribution in [1.29, 1.82) is 0 Å². The minimum Gasteiger partial charge on any atom is -0.486 e. The van der Waals surface area contributed by atoms with Crippen molar-refractivity contribution in [3.05, 3.63) is 48.0 Å². The number of fused-ring (bicyclic) bond motifs is 1. The summed E-state index contributed by atoms with van der Waals surface area (Å²) < 4.78 is 16.0. The fourth-order valence-corrected chi connectivity index (χ4v) is 3.05. The second-order valence-corrected chi connectivity index (χ2v) is 6.41. The molecule has 1 amide bonds. The van der Waals surface area contributed by atoms with E-state index >= 15 is 0 Å². The number of para-hydroxylation sites is 1. The fourth-order valence-electron chi connectivity index (χ4n) is 2.50. The fraction of sp³-hybridized carbons (Fsp3) is 0.263. The zero-order valence-electron chi connectivity index (χ0n) is 14.3. The quantitative estimate of drug-likeness (QED) is 0.620. The normalized spacial score (nSPS) is 12.3. The van der Waals surface area contributed by atoms with E-state index in [0.29, 0.717) is 30.4 Å². The Labute approximate surface area is 155 Å². The Morgan fingerprint density at radius 3 is 2.69 bits per heavy atom. The Hall–Kier alpha value is -2.67. The lowest BCUT2D eigenvalue weighted by Gasteiger charge is -2.18. The third-order valence-corrected chi connectivity index (χ3v) is 4.50. The molecule has 7 heteroatoms. The van der Waals surface area contributed by atoms with Gasteiger partial charge in [-0.25, -0.2) is 0 Å². The smallest absolute Gasteiger partial charge is 0.310 e. The van der Waals surface area contributed by atoms with E-state index in [1.54, 1.807) is 24.3 Å². The van der Waals surface area contributed by atoms with E-state index in [4.69, 9.17) is 14.2 Å². The molecule has 1 N–H and O–H groups in total. The molecule has 0 fully saturated rings. The molecular formula is C19H19NO5S. The molecule has 2 aromatic carbocycles. The summed E-state index contributed by atoms with van der Waals surface area (Å²) in [6, 6.07) is 12.8. The van der Waals surface area contributed by atoms with Crippen molar-refractivity contribution >= 4 is 29.3 Å². The van der Waals surface area contributed by atoms with E-state index in [2.05, 4.69) is 5.32 Å². The van der Waals surface area contributed by atoms with Gasteiger partial charge in [0.25, 0.3) is 5.91 Å². The highest BCUT2D eigenvalue weighted by atomic mass is 32.2. The molecule has 0 spiro atoms. The molecule has 0 atom stereocenters. The number of nitrogens with one attached hydrogen (secondary N) is 1. The lowest BCUT2D eigenvalue weighted by atomic mass is 10.1. The van der Waals surface area contributed by atoms with Crippen LogP contribution in [0.5, 0.6) is 11.5 Å². The highest BCUT2D eigenvalue weighted by Crippen LogP contribution is 2.31. The molecule has 0 unspecified atom stereocenters. The van der Waals surface area contributed by atoms with Crippen LogP contribution in [-0.2, 0) is 20.7 Å². The van der Waals surface area contributed by atoms with Gasteiger partial charge in [0, 0.05) is 4.90 Å². The second kappa shape index (κ2) is 8.62. The van der Waals surface area contributed by atoms with E-state index in [9.17, 15) is 9.59 Å². The van der Waals surface area contributed by atoms with Gasteiger partial charge in [0.15, 0.2) is 18.1 Å². The zero-order valence-corrected chi connectivity index (χ0v) is 15.1. The molecule has 3 rings (SSSR count). The molecule has 2 aromatic rings. The first-order valence-corrected chi connectivity index (χ1v) is 9.35. The summed E-state index contributed by atoms with van der Waals surface area (Å²) in [5.41, 5.74) is 1.44. The van der Waals surface area contributed by atoms with Gasteiger partial charge in [-0.3, -0.25) is 9.59 Å². The van der Waals surface area contributed by atoms with Crippen molar-refractivity contribution in [3.8, 4) is 11.5 Å². The standard InChI is InChI=1S/C19H19NO5S/c1-26-17-5-3-2-4-14(17)20-18(21)12-25-19(22)11-13-6-7-15-16(10-13)24-9-8-23-15/h2-7,10H,8-9,11-12H2,1H3,(H,20,21). The molecule has 1 heterocycles. The van der Waals surface area contributed by atoms with Gasteiger partial charge in [0.2, 0.25) is 0 Å². The summed E-state index contributed by atoms with van der Waals surface area (Å²) in [4.78, 5) is 24.9. The average molecular weight is 373 g/mol. The van der Waals surface area contributed by atoms with Gasteiger partial charge in [-0.1, -0.05) is 18.2 Å². The maximum atomic E-state index is 12.0. The van der Waals surface area contributed by atoms with Crippen LogP contribution in [0.15, 0.2) is 47.4 Å². The largest absolute Gasteiger partial charge is 0.486 e. The predicted octanol–water partition coefficient (Wildman–Crippen LogP) is 2.90. The third-order valence-electron chi connectivity index (χ3n) is 3.70. The third kappa shape index (κ3) is 4.70. The number of carbonyl (C=O) groups is 2. The van der Waals surface area contributed by atoms with E-state index in [1.807, 2.05) is 24.5 Å². The van der Waals surface area contributed by atoms with Crippen molar-refractivity contribution < 1.29 is 23.8 Å². The number of carbonyl (C=O) groups excluding carboxylic acids is 2. The molecule has 136 valence electrons. The number of rotatable bonds is 6. The number of amides is 1. The highest BCUT2D eigenvalue weighted by Gasteiger charge is 2.14. The molecule has 26 heavy (non-hydrogen) atoms. The monoisotopic (exact) mass is 373 g/mol. The minimum atomic E-state index is -0.477. The average Bonchev–Trinajstić information content (AvgIpc) is 2.67. The van der Waals surface area contributed by atoms with Gasteiger partial charge >= 0.3 is 5.97 Å². The van der Waals surface area contributed by atoms with Gasteiger partial charge in [-0.15, -0.1) is 11.8 Å². The number of esters is 1. The summed E-state index contributed by atoms with van der Waals surface area (Å²) in [5, 5.41) is 2.75. The first-order valence-electron chi connectivity index (χ1n) is 8.13. The van der Waals surface area contributed by atoms with Gasteiger partial charge in [-0.05, 0) is 36.1 Å². The molecule has 0 saturated carbocycles. The first kappa shape index (κ1) is 18.1. The number of anilines is 1. The van der Waals surface area contributed by atoms with Crippen LogP contribution < -0.4 is 14.8 Å². The number of benzene rings is 2. The van der Waals surface area contributed by atoms with Crippen molar-refractivity contribution in [2.24, 2.45) is 0 Å². The SMILES string of the molecule is CSc1ccccc1NC(=O)COC(=O)Cc1ccc2c(c1)OCCO2.